The Morgan fingerprint density at radius 3 is 1.57 bits per heavy atom. The number of para-hydroxylation sites is 2. The third kappa shape index (κ3) is 3.73. The Balaban J connectivity index is 1.42. The summed E-state index contributed by atoms with van der Waals surface area (Å²) < 4.78 is 2.20. The van der Waals surface area contributed by atoms with Crippen molar-refractivity contribution in [2.45, 2.75) is 0 Å². The van der Waals surface area contributed by atoms with Crippen LogP contribution in [0.3, 0.4) is 0 Å². The van der Waals surface area contributed by atoms with Gasteiger partial charge in [0.25, 0.3) is 0 Å². The van der Waals surface area contributed by atoms with E-state index in [0.29, 0.717) is 5.95 Å². The van der Waals surface area contributed by atoms with E-state index in [1.807, 2.05) is 0 Å². The van der Waals surface area contributed by atoms with Gasteiger partial charge in [0.1, 0.15) is 0 Å². The molecule has 0 aliphatic heterocycles. The summed E-state index contributed by atoms with van der Waals surface area (Å²) in [7, 11) is 0. The molecule has 8 aromatic rings. The Morgan fingerprint density at radius 1 is 0.450 bits per heavy atom. The van der Waals surface area contributed by atoms with Gasteiger partial charge >= 0.3 is 0 Å². The third-order valence-electron chi connectivity index (χ3n) is 7.53. The zero-order chi connectivity index (χ0) is 26.5. The summed E-state index contributed by atoms with van der Waals surface area (Å²) in [6.07, 6.45) is 0. The molecule has 40 heavy (non-hydrogen) atoms. The first-order valence-corrected chi connectivity index (χ1v) is 14.3. The number of benzene rings is 5. The topological polar surface area (TPSA) is 30.7 Å². The van der Waals surface area contributed by atoms with Crippen molar-refractivity contribution in [3.63, 3.8) is 0 Å². The summed E-state index contributed by atoms with van der Waals surface area (Å²) in [5.74, 6) is 0.685. The van der Waals surface area contributed by atoms with Crippen LogP contribution in [-0.2, 0) is 0 Å². The molecular formula is C36H23N3S. The van der Waals surface area contributed by atoms with Crippen LogP contribution in [0, 0.1) is 0 Å². The fraction of sp³-hybridized carbons (Fsp3) is 0. The molecule has 0 saturated carbocycles. The quantitative estimate of drug-likeness (QED) is 0.227. The molecule has 0 fully saturated rings. The normalized spacial score (nSPS) is 11.5. The molecule has 3 nitrogen and oxygen atoms in total. The van der Waals surface area contributed by atoms with Crippen molar-refractivity contribution >= 4 is 44.0 Å². The lowest BCUT2D eigenvalue weighted by Gasteiger charge is -2.13. The molecule has 3 heterocycles. The smallest absolute Gasteiger partial charge is 0.235 e. The minimum atomic E-state index is 0.685. The molecule has 0 saturated heterocycles. The molecule has 0 amide bonds. The number of hydrogen-bond acceptors (Lipinski definition) is 3. The lowest BCUT2D eigenvalue weighted by atomic mass is 9.94. The first-order chi connectivity index (χ1) is 19.8. The molecular weight excluding hydrogens is 506 g/mol. The molecule has 0 bridgehead atoms. The van der Waals surface area contributed by atoms with Crippen molar-refractivity contribution in [2.24, 2.45) is 0 Å². The highest BCUT2D eigenvalue weighted by Crippen LogP contribution is 2.37. The Kier molecular flexibility index (Phi) is 5.32. The maximum atomic E-state index is 5.31. The van der Waals surface area contributed by atoms with Gasteiger partial charge in [-0.2, -0.15) is 0 Å². The maximum Gasteiger partial charge on any atom is 0.235 e. The van der Waals surface area contributed by atoms with E-state index < -0.39 is 0 Å². The summed E-state index contributed by atoms with van der Waals surface area (Å²) >= 11 is 1.66. The van der Waals surface area contributed by atoms with E-state index >= 15 is 0 Å². The van der Waals surface area contributed by atoms with Crippen LogP contribution in [0.5, 0.6) is 0 Å². The van der Waals surface area contributed by atoms with Gasteiger partial charge in [0.15, 0.2) is 0 Å². The van der Waals surface area contributed by atoms with Crippen LogP contribution in [0.2, 0.25) is 0 Å². The number of aromatic nitrogens is 3. The highest BCUT2D eigenvalue weighted by molar-refractivity contribution is 7.09. The first kappa shape index (κ1) is 22.9. The largest absolute Gasteiger partial charge is 0.278 e. The summed E-state index contributed by atoms with van der Waals surface area (Å²) in [6, 6.07) is 44.9. The van der Waals surface area contributed by atoms with Gasteiger partial charge in [-0.15, -0.1) is 11.3 Å². The van der Waals surface area contributed by atoms with Crippen molar-refractivity contribution in [3.05, 3.63) is 138 Å². The van der Waals surface area contributed by atoms with Crippen molar-refractivity contribution in [1.29, 1.82) is 0 Å². The van der Waals surface area contributed by atoms with E-state index in [-0.39, 0.29) is 0 Å². The van der Waals surface area contributed by atoms with E-state index in [9.17, 15) is 0 Å². The summed E-state index contributed by atoms with van der Waals surface area (Å²) in [5.41, 5.74) is 9.87. The molecule has 4 heteroatoms. The lowest BCUT2D eigenvalue weighted by molar-refractivity contribution is 1.02. The monoisotopic (exact) mass is 529 g/mol. The fourth-order valence-electron chi connectivity index (χ4n) is 5.66. The average molecular weight is 530 g/mol. The van der Waals surface area contributed by atoms with Crippen LogP contribution in [0.25, 0.3) is 72.2 Å². The molecule has 8 rings (SSSR count). The minimum Gasteiger partial charge on any atom is -0.278 e. The highest BCUT2D eigenvalue weighted by atomic mass is 32.1. The molecule has 0 spiro atoms. The molecule has 0 atom stereocenters. The highest BCUT2D eigenvalue weighted by Gasteiger charge is 2.18. The average Bonchev–Trinajstić information content (AvgIpc) is 3.64. The standard InChI is InChI=1S/C36H23N3S/c1-3-11-24(12-4-1)26-19-27(25-13-5-2-6-14-25)21-28(20-26)35-31-22-40-23-32(31)37-36(38-35)39-33-17-9-7-15-29(33)30-16-8-10-18-34(30)39/h1-23H. The second-order valence-electron chi connectivity index (χ2n) is 9.94. The Hall–Kier alpha value is -5.06. The molecule has 3 aromatic heterocycles. The molecule has 0 radical (unpaired) electrons. The predicted octanol–water partition coefficient (Wildman–Crippen LogP) is 9.79. The van der Waals surface area contributed by atoms with E-state index in [1.54, 1.807) is 11.3 Å². The number of thiophene rings is 1. The van der Waals surface area contributed by atoms with Gasteiger partial charge < -0.3 is 0 Å². The predicted molar refractivity (Wildman–Crippen MR) is 168 cm³/mol. The summed E-state index contributed by atoms with van der Waals surface area (Å²) in [4.78, 5) is 10.4. The van der Waals surface area contributed by atoms with Crippen LogP contribution in [0.1, 0.15) is 0 Å². The van der Waals surface area contributed by atoms with E-state index in [4.69, 9.17) is 9.97 Å². The number of rotatable bonds is 4. The SMILES string of the molecule is c1ccc(-c2cc(-c3ccccc3)cc(-c3nc(-n4c5ccccc5c5ccccc54)nc4cscc34)c2)cc1. The van der Waals surface area contributed by atoms with Crippen LogP contribution < -0.4 is 0 Å². The van der Waals surface area contributed by atoms with Crippen LogP contribution in [-0.4, -0.2) is 14.5 Å². The van der Waals surface area contributed by atoms with Gasteiger partial charge in [0.2, 0.25) is 5.95 Å². The molecule has 0 aliphatic rings. The van der Waals surface area contributed by atoms with Crippen LogP contribution in [0.15, 0.2) is 138 Å². The molecule has 0 unspecified atom stereocenters. The van der Waals surface area contributed by atoms with Crippen LogP contribution in [0.4, 0.5) is 0 Å². The number of hydrogen-bond donors (Lipinski definition) is 0. The van der Waals surface area contributed by atoms with E-state index in [2.05, 4.69) is 143 Å². The molecule has 188 valence electrons. The van der Waals surface area contributed by atoms with Crippen LogP contribution >= 0.6 is 11.3 Å². The second kappa shape index (κ2) is 9.30. The van der Waals surface area contributed by atoms with Gasteiger partial charge in [0, 0.05) is 32.5 Å². The third-order valence-corrected chi connectivity index (χ3v) is 8.26. The second-order valence-corrected chi connectivity index (χ2v) is 10.7. The van der Waals surface area contributed by atoms with E-state index in [0.717, 1.165) is 44.3 Å². The number of nitrogens with zero attached hydrogens (tertiary/aromatic N) is 3. The maximum absolute atomic E-state index is 5.31. The summed E-state index contributed by atoms with van der Waals surface area (Å²) in [6.45, 7) is 0. The molecule has 5 aromatic carbocycles. The molecule has 0 N–H and O–H groups in total. The van der Waals surface area contributed by atoms with E-state index in [1.165, 1.54) is 21.9 Å². The van der Waals surface area contributed by atoms with Crippen molar-refractivity contribution in [1.82, 2.24) is 14.5 Å². The van der Waals surface area contributed by atoms with Crippen molar-refractivity contribution < 1.29 is 0 Å². The van der Waals surface area contributed by atoms with Crippen molar-refractivity contribution in [3.8, 4) is 39.5 Å². The van der Waals surface area contributed by atoms with Gasteiger partial charge in [-0.25, -0.2) is 9.97 Å². The van der Waals surface area contributed by atoms with Gasteiger partial charge in [-0.3, -0.25) is 4.57 Å². The first-order valence-electron chi connectivity index (χ1n) is 13.3. The lowest BCUT2D eigenvalue weighted by Crippen LogP contribution is -2.02. The van der Waals surface area contributed by atoms with Gasteiger partial charge in [-0.05, 0) is 52.6 Å². The number of fused-ring (bicyclic) bond motifs is 4. The van der Waals surface area contributed by atoms with Crippen molar-refractivity contribution in [2.75, 3.05) is 0 Å². The molecule has 0 aliphatic carbocycles. The zero-order valence-corrected chi connectivity index (χ0v) is 22.3. The zero-order valence-electron chi connectivity index (χ0n) is 21.5. The Morgan fingerprint density at radius 2 is 0.975 bits per heavy atom. The Labute approximate surface area is 235 Å². The summed E-state index contributed by atoms with van der Waals surface area (Å²) in [5, 5.41) is 7.75. The minimum absolute atomic E-state index is 0.685. The van der Waals surface area contributed by atoms with Gasteiger partial charge in [0.05, 0.1) is 22.2 Å². The Bertz CT molecular complexity index is 2050. The van der Waals surface area contributed by atoms with Gasteiger partial charge in [-0.1, -0.05) is 97.1 Å². The fourth-order valence-corrected chi connectivity index (χ4v) is 6.41.